The van der Waals surface area contributed by atoms with Gasteiger partial charge in [0.05, 0.1) is 11.6 Å². The largest absolute Gasteiger partial charge is 0.416 e. The molecule has 0 fully saturated rings. The minimum atomic E-state index is -4.30. The number of halogens is 3. The Kier molecular flexibility index (Phi) is 3.84. The van der Waals surface area contributed by atoms with Gasteiger partial charge in [-0.15, -0.1) is 0 Å². The lowest BCUT2D eigenvalue weighted by atomic mass is 10.0. The van der Waals surface area contributed by atoms with E-state index in [4.69, 9.17) is 0 Å². The van der Waals surface area contributed by atoms with E-state index in [1.165, 1.54) is 18.5 Å². The molecule has 4 nitrogen and oxygen atoms in total. The molecule has 0 spiro atoms. The van der Waals surface area contributed by atoms with Crippen molar-refractivity contribution in [1.29, 1.82) is 0 Å². The van der Waals surface area contributed by atoms with Gasteiger partial charge in [-0.05, 0) is 31.2 Å². The van der Waals surface area contributed by atoms with Crippen molar-refractivity contribution in [2.24, 2.45) is 0 Å². The number of hydrogen-bond donors (Lipinski definition) is 2. The number of H-pyrrole nitrogens is 1. The van der Waals surface area contributed by atoms with E-state index in [-0.39, 0.29) is 6.04 Å². The molecule has 1 atom stereocenters. The fraction of sp³-hybridized carbons (Fsp3) is 0.333. The molecule has 0 radical (unpaired) electrons. The van der Waals surface area contributed by atoms with Crippen molar-refractivity contribution in [3.63, 3.8) is 0 Å². The first-order valence-corrected chi connectivity index (χ1v) is 5.69. The first-order chi connectivity index (χ1) is 9.00. The highest BCUT2D eigenvalue weighted by atomic mass is 19.4. The molecule has 0 bridgehead atoms. The van der Waals surface area contributed by atoms with Crippen LogP contribution in [-0.2, 0) is 12.6 Å². The lowest BCUT2D eigenvalue weighted by Gasteiger charge is -2.14. The van der Waals surface area contributed by atoms with Crippen LogP contribution in [0.5, 0.6) is 0 Å². The van der Waals surface area contributed by atoms with Crippen LogP contribution in [-0.4, -0.2) is 22.2 Å². The summed E-state index contributed by atoms with van der Waals surface area (Å²) in [7, 11) is 1.76. The highest BCUT2D eigenvalue weighted by Crippen LogP contribution is 2.29. The molecule has 0 aliphatic rings. The average Bonchev–Trinajstić information content (AvgIpc) is 2.89. The molecule has 0 saturated carbocycles. The van der Waals surface area contributed by atoms with Gasteiger partial charge in [-0.25, -0.2) is 4.98 Å². The molecule has 19 heavy (non-hydrogen) atoms. The Morgan fingerprint density at radius 1 is 1.26 bits per heavy atom. The number of rotatable bonds is 4. The van der Waals surface area contributed by atoms with E-state index < -0.39 is 11.7 Å². The third-order valence-corrected chi connectivity index (χ3v) is 2.83. The third-order valence-electron chi connectivity index (χ3n) is 2.83. The van der Waals surface area contributed by atoms with E-state index in [1.807, 2.05) is 0 Å². The minimum Gasteiger partial charge on any atom is -0.310 e. The molecule has 0 aliphatic heterocycles. The van der Waals surface area contributed by atoms with Crippen LogP contribution in [0.2, 0.25) is 0 Å². The second kappa shape index (κ2) is 5.40. The molecule has 1 aromatic carbocycles. The lowest BCUT2D eigenvalue weighted by Crippen LogP contribution is -2.20. The van der Waals surface area contributed by atoms with Crippen LogP contribution >= 0.6 is 0 Å². The molecule has 0 saturated heterocycles. The Morgan fingerprint density at radius 2 is 1.95 bits per heavy atom. The van der Waals surface area contributed by atoms with Crippen molar-refractivity contribution in [2.45, 2.75) is 18.6 Å². The van der Waals surface area contributed by atoms with E-state index in [1.54, 1.807) is 7.05 Å². The highest BCUT2D eigenvalue weighted by Gasteiger charge is 2.30. The van der Waals surface area contributed by atoms with Gasteiger partial charge in [0.25, 0.3) is 0 Å². The maximum Gasteiger partial charge on any atom is 0.416 e. The normalized spacial score (nSPS) is 13.5. The van der Waals surface area contributed by atoms with Gasteiger partial charge in [-0.1, -0.05) is 12.1 Å². The molecule has 1 heterocycles. The Hall–Kier alpha value is -1.89. The van der Waals surface area contributed by atoms with Crippen LogP contribution in [0.1, 0.15) is 23.0 Å². The molecule has 102 valence electrons. The van der Waals surface area contributed by atoms with Gasteiger partial charge >= 0.3 is 6.18 Å². The van der Waals surface area contributed by atoms with E-state index in [0.29, 0.717) is 12.2 Å². The topological polar surface area (TPSA) is 53.6 Å². The van der Waals surface area contributed by atoms with Gasteiger partial charge in [0.2, 0.25) is 0 Å². The maximum atomic E-state index is 12.4. The lowest BCUT2D eigenvalue weighted by molar-refractivity contribution is -0.137. The predicted octanol–water partition coefficient (Wildman–Crippen LogP) is 2.33. The molecule has 0 aliphatic carbocycles. The van der Waals surface area contributed by atoms with Crippen LogP contribution in [0.3, 0.4) is 0 Å². The summed E-state index contributed by atoms with van der Waals surface area (Å²) in [5.41, 5.74) is 0.153. The summed E-state index contributed by atoms with van der Waals surface area (Å²) in [5, 5.41) is 9.54. The van der Waals surface area contributed by atoms with Gasteiger partial charge in [-0.3, -0.25) is 5.10 Å². The number of aromatic nitrogens is 3. The zero-order chi connectivity index (χ0) is 13.9. The van der Waals surface area contributed by atoms with Gasteiger partial charge in [0, 0.05) is 0 Å². The fourth-order valence-corrected chi connectivity index (χ4v) is 1.78. The molecule has 1 unspecified atom stereocenters. The van der Waals surface area contributed by atoms with E-state index >= 15 is 0 Å². The first-order valence-electron chi connectivity index (χ1n) is 5.69. The number of aromatic amines is 1. The summed E-state index contributed by atoms with van der Waals surface area (Å²) in [6, 6.07) is 5.01. The molecule has 1 aromatic heterocycles. The zero-order valence-electron chi connectivity index (χ0n) is 10.2. The fourth-order valence-electron chi connectivity index (χ4n) is 1.78. The SMILES string of the molecule is CNC(Cc1ccc(C(F)(F)F)cc1)c1ncn[nH]1. The molecule has 2 aromatic rings. The minimum absolute atomic E-state index is 0.112. The number of nitrogens with one attached hydrogen (secondary N) is 2. The molecule has 2 N–H and O–H groups in total. The molecular formula is C12H13F3N4. The monoisotopic (exact) mass is 270 g/mol. The second-order valence-electron chi connectivity index (χ2n) is 4.11. The van der Waals surface area contributed by atoms with Crippen LogP contribution in [0.25, 0.3) is 0 Å². The van der Waals surface area contributed by atoms with Crippen LogP contribution < -0.4 is 5.32 Å². The molecule has 7 heteroatoms. The quantitative estimate of drug-likeness (QED) is 0.896. The summed E-state index contributed by atoms with van der Waals surface area (Å²) in [6.45, 7) is 0. The third kappa shape index (κ3) is 3.31. The average molecular weight is 270 g/mol. The van der Waals surface area contributed by atoms with Crippen LogP contribution in [0.4, 0.5) is 13.2 Å². The van der Waals surface area contributed by atoms with E-state index in [9.17, 15) is 13.2 Å². The van der Waals surface area contributed by atoms with Crippen molar-refractivity contribution in [2.75, 3.05) is 7.05 Å². The molecule has 0 amide bonds. The van der Waals surface area contributed by atoms with E-state index in [2.05, 4.69) is 20.5 Å². The number of likely N-dealkylation sites (N-methyl/N-ethyl adjacent to an activating group) is 1. The van der Waals surface area contributed by atoms with Crippen molar-refractivity contribution >= 4 is 0 Å². The number of nitrogens with zero attached hydrogens (tertiary/aromatic N) is 2. The van der Waals surface area contributed by atoms with Gasteiger partial charge in [-0.2, -0.15) is 18.3 Å². The summed E-state index contributed by atoms with van der Waals surface area (Å²) in [6.07, 6.45) is -2.37. The zero-order valence-corrected chi connectivity index (χ0v) is 10.2. The molecule has 2 rings (SSSR count). The van der Waals surface area contributed by atoms with Crippen molar-refractivity contribution in [3.05, 3.63) is 47.5 Å². The van der Waals surface area contributed by atoms with Gasteiger partial charge < -0.3 is 5.32 Å². The van der Waals surface area contributed by atoms with Crippen LogP contribution in [0, 0.1) is 0 Å². The van der Waals surface area contributed by atoms with Crippen molar-refractivity contribution in [1.82, 2.24) is 20.5 Å². The van der Waals surface area contributed by atoms with Gasteiger partial charge in [0.15, 0.2) is 0 Å². The van der Waals surface area contributed by atoms with Gasteiger partial charge in [0.1, 0.15) is 12.2 Å². The first kappa shape index (κ1) is 13.5. The smallest absolute Gasteiger partial charge is 0.310 e. The predicted molar refractivity (Wildman–Crippen MR) is 63.3 cm³/mol. The summed E-state index contributed by atoms with van der Waals surface area (Å²) in [5.74, 6) is 0.655. The Balaban J connectivity index is 2.11. The summed E-state index contributed by atoms with van der Waals surface area (Å²) < 4.78 is 37.3. The second-order valence-corrected chi connectivity index (χ2v) is 4.11. The summed E-state index contributed by atoms with van der Waals surface area (Å²) >= 11 is 0. The van der Waals surface area contributed by atoms with Crippen molar-refractivity contribution in [3.8, 4) is 0 Å². The summed E-state index contributed by atoms with van der Waals surface area (Å²) in [4.78, 5) is 4.03. The maximum absolute atomic E-state index is 12.4. The van der Waals surface area contributed by atoms with Crippen LogP contribution in [0.15, 0.2) is 30.6 Å². The molecular weight excluding hydrogens is 257 g/mol. The number of benzene rings is 1. The standard InChI is InChI=1S/C12H13F3N4/c1-16-10(11-17-7-18-19-11)6-8-2-4-9(5-3-8)12(13,14)15/h2-5,7,10,16H,6H2,1H3,(H,17,18,19). The Bertz CT molecular complexity index is 505. The number of alkyl halides is 3. The van der Waals surface area contributed by atoms with E-state index in [0.717, 1.165) is 17.7 Å². The Labute approximate surface area is 108 Å². The van der Waals surface area contributed by atoms with Crippen molar-refractivity contribution < 1.29 is 13.2 Å². The highest BCUT2D eigenvalue weighted by molar-refractivity contribution is 5.25. The number of hydrogen-bond acceptors (Lipinski definition) is 3. The Morgan fingerprint density at radius 3 is 2.42 bits per heavy atom.